The van der Waals surface area contributed by atoms with Crippen molar-refractivity contribution >= 4 is 16.8 Å². The molecule has 3 rings (SSSR count). The standard InChI is InChI=1S/C23H21FO3S/c1-17(28(26)16-23(25)27-15-18-7-3-2-4-8-18)19-11-13-20(14-12-19)21-9-5-6-10-22(21)24/h2-14,17H,15-16H2,1H3. The van der Waals surface area contributed by atoms with Gasteiger partial charge in [-0.3, -0.25) is 9.00 Å². The zero-order valence-corrected chi connectivity index (χ0v) is 16.3. The van der Waals surface area contributed by atoms with Crippen LogP contribution >= 0.6 is 0 Å². The average Bonchev–Trinajstić information content (AvgIpc) is 2.73. The molecule has 0 spiro atoms. The highest BCUT2D eigenvalue weighted by molar-refractivity contribution is 7.85. The monoisotopic (exact) mass is 396 g/mol. The number of ether oxygens (including phenoxy) is 1. The third-order valence-electron chi connectivity index (χ3n) is 4.46. The van der Waals surface area contributed by atoms with Crippen LogP contribution in [0.15, 0.2) is 78.9 Å². The SMILES string of the molecule is CC(c1ccc(-c2ccccc2F)cc1)S(=O)CC(=O)OCc1ccccc1. The molecule has 0 aliphatic carbocycles. The third kappa shape index (κ3) is 5.14. The van der Waals surface area contributed by atoms with Gasteiger partial charge in [-0.25, -0.2) is 4.39 Å². The van der Waals surface area contributed by atoms with E-state index in [0.717, 1.165) is 16.7 Å². The van der Waals surface area contributed by atoms with E-state index in [0.29, 0.717) is 5.56 Å². The average molecular weight is 396 g/mol. The molecule has 144 valence electrons. The van der Waals surface area contributed by atoms with Crippen LogP contribution in [-0.2, 0) is 26.9 Å². The molecule has 3 aromatic rings. The first kappa shape index (κ1) is 20.0. The summed E-state index contributed by atoms with van der Waals surface area (Å²) in [6, 6.07) is 23.2. The second kappa shape index (κ2) is 9.42. The Hall–Kier alpha value is -2.79. The van der Waals surface area contributed by atoms with Crippen molar-refractivity contribution in [3.8, 4) is 11.1 Å². The maximum Gasteiger partial charge on any atom is 0.318 e. The molecule has 2 atom stereocenters. The first-order valence-corrected chi connectivity index (χ1v) is 10.3. The molecule has 0 N–H and O–H groups in total. The van der Waals surface area contributed by atoms with Crippen molar-refractivity contribution in [3.63, 3.8) is 0 Å². The molecule has 0 bridgehead atoms. The Morgan fingerprint density at radius 3 is 2.29 bits per heavy atom. The summed E-state index contributed by atoms with van der Waals surface area (Å²) < 4.78 is 31.6. The molecule has 0 radical (unpaired) electrons. The number of hydrogen-bond acceptors (Lipinski definition) is 3. The fourth-order valence-corrected chi connectivity index (χ4v) is 3.83. The second-order valence-corrected chi connectivity index (χ2v) is 8.17. The zero-order valence-electron chi connectivity index (χ0n) is 15.5. The number of carbonyl (C=O) groups excluding carboxylic acids is 1. The van der Waals surface area contributed by atoms with E-state index in [2.05, 4.69) is 0 Å². The van der Waals surface area contributed by atoms with Crippen molar-refractivity contribution in [1.29, 1.82) is 0 Å². The van der Waals surface area contributed by atoms with E-state index < -0.39 is 16.8 Å². The van der Waals surface area contributed by atoms with Crippen molar-refractivity contribution in [2.24, 2.45) is 0 Å². The lowest BCUT2D eigenvalue weighted by Gasteiger charge is -2.13. The summed E-state index contributed by atoms with van der Waals surface area (Å²) in [4.78, 5) is 12.0. The first-order valence-electron chi connectivity index (χ1n) is 8.96. The minimum absolute atomic E-state index is 0.164. The van der Waals surface area contributed by atoms with Gasteiger partial charge in [0, 0.05) is 16.4 Å². The molecule has 0 aliphatic heterocycles. The third-order valence-corrected chi connectivity index (χ3v) is 6.04. The Balaban J connectivity index is 1.58. The Morgan fingerprint density at radius 2 is 1.61 bits per heavy atom. The Kier molecular flexibility index (Phi) is 6.71. The Labute approximate surface area is 166 Å². The van der Waals surface area contributed by atoms with E-state index >= 15 is 0 Å². The van der Waals surface area contributed by atoms with Gasteiger partial charge in [-0.15, -0.1) is 0 Å². The van der Waals surface area contributed by atoms with Crippen LogP contribution in [0, 0.1) is 5.82 Å². The fourth-order valence-electron chi connectivity index (χ4n) is 2.80. The molecular weight excluding hydrogens is 375 g/mol. The van der Waals surface area contributed by atoms with Gasteiger partial charge in [0.25, 0.3) is 0 Å². The minimum atomic E-state index is -1.41. The number of esters is 1. The quantitative estimate of drug-likeness (QED) is 0.525. The van der Waals surface area contributed by atoms with Gasteiger partial charge in [-0.05, 0) is 29.7 Å². The van der Waals surface area contributed by atoms with Gasteiger partial charge in [-0.1, -0.05) is 72.8 Å². The number of halogens is 1. The summed E-state index contributed by atoms with van der Waals surface area (Å²) in [7, 11) is -1.41. The number of hydrogen-bond donors (Lipinski definition) is 0. The molecule has 0 aromatic heterocycles. The van der Waals surface area contributed by atoms with Gasteiger partial charge < -0.3 is 4.74 Å². The molecule has 3 aromatic carbocycles. The fraction of sp³-hybridized carbons (Fsp3) is 0.174. The van der Waals surface area contributed by atoms with E-state index in [1.165, 1.54) is 6.07 Å². The molecule has 0 aliphatic rings. The van der Waals surface area contributed by atoms with E-state index in [-0.39, 0.29) is 23.4 Å². The molecule has 0 amide bonds. The molecule has 2 unspecified atom stereocenters. The summed E-state index contributed by atoms with van der Waals surface area (Å²) in [6.45, 7) is 1.97. The second-order valence-electron chi connectivity index (χ2n) is 6.42. The summed E-state index contributed by atoms with van der Waals surface area (Å²) in [5.41, 5.74) is 2.99. The highest BCUT2D eigenvalue weighted by Crippen LogP contribution is 2.26. The van der Waals surface area contributed by atoms with E-state index in [1.807, 2.05) is 42.5 Å². The normalized spacial score (nSPS) is 12.9. The van der Waals surface area contributed by atoms with Gasteiger partial charge in [0.2, 0.25) is 0 Å². The van der Waals surface area contributed by atoms with Crippen molar-refractivity contribution < 1.29 is 18.1 Å². The van der Waals surface area contributed by atoms with E-state index in [4.69, 9.17) is 4.74 Å². The van der Waals surface area contributed by atoms with Crippen molar-refractivity contribution in [2.75, 3.05) is 5.75 Å². The lowest BCUT2D eigenvalue weighted by atomic mass is 10.0. The predicted molar refractivity (Wildman–Crippen MR) is 109 cm³/mol. The maximum atomic E-state index is 13.9. The van der Waals surface area contributed by atoms with Crippen LogP contribution in [0.4, 0.5) is 4.39 Å². The van der Waals surface area contributed by atoms with Gasteiger partial charge in [0.05, 0.1) is 5.25 Å². The van der Waals surface area contributed by atoms with Crippen LogP contribution < -0.4 is 0 Å². The molecule has 0 heterocycles. The lowest BCUT2D eigenvalue weighted by Crippen LogP contribution is -2.17. The molecule has 0 saturated carbocycles. The zero-order chi connectivity index (χ0) is 19.9. The number of benzene rings is 3. The van der Waals surface area contributed by atoms with Crippen molar-refractivity contribution in [1.82, 2.24) is 0 Å². The molecule has 5 heteroatoms. The van der Waals surface area contributed by atoms with Crippen LogP contribution in [0.2, 0.25) is 0 Å². The van der Waals surface area contributed by atoms with Crippen molar-refractivity contribution in [2.45, 2.75) is 18.8 Å². The highest BCUT2D eigenvalue weighted by atomic mass is 32.2. The molecule has 0 saturated heterocycles. The predicted octanol–water partition coefficient (Wildman–Crippen LogP) is 5.05. The van der Waals surface area contributed by atoms with E-state index in [1.54, 1.807) is 37.3 Å². The maximum absolute atomic E-state index is 13.9. The Bertz CT molecular complexity index is 955. The topological polar surface area (TPSA) is 43.4 Å². The largest absolute Gasteiger partial charge is 0.460 e. The highest BCUT2D eigenvalue weighted by Gasteiger charge is 2.18. The molecule has 28 heavy (non-hydrogen) atoms. The lowest BCUT2D eigenvalue weighted by molar-refractivity contribution is -0.141. The van der Waals surface area contributed by atoms with E-state index in [9.17, 15) is 13.4 Å². The van der Waals surface area contributed by atoms with Crippen LogP contribution in [0.25, 0.3) is 11.1 Å². The minimum Gasteiger partial charge on any atom is -0.460 e. The van der Waals surface area contributed by atoms with Gasteiger partial charge in [-0.2, -0.15) is 0 Å². The smallest absolute Gasteiger partial charge is 0.318 e. The van der Waals surface area contributed by atoms with Gasteiger partial charge >= 0.3 is 5.97 Å². The summed E-state index contributed by atoms with van der Waals surface area (Å²) >= 11 is 0. The van der Waals surface area contributed by atoms with Crippen molar-refractivity contribution in [3.05, 3.63) is 95.8 Å². The van der Waals surface area contributed by atoms with Crippen LogP contribution in [0.1, 0.15) is 23.3 Å². The Morgan fingerprint density at radius 1 is 0.964 bits per heavy atom. The molecule has 3 nitrogen and oxygen atoms in total. The molecular formula is C23H21FO3S. The summed E-state index contributed by atoms with van der Waals surface area (Å²) in [6.07, 6.45) is 0. The number of carbonyl (C=O) groups is 1. The van der Waals surface area contributed by atoms with Gasteiger partial charge in [0.15, 0.2) is 0 Å². The summed E-state index contributed by atoms with van der Waals surface area (Å²) in [5, 5.41) is -0.334. The van der Waals surface area contributed by atoms with Gasteiger partial charge in [0.1, 0.15) is 18.2 Å². The van der Waals surface area contributed by atoms with Crippen LogP contribution in [0.5, 0.6) is 0 Å². The molecule has 0 fully saturated rings. The first-order chi connectivity index (χ1) is 13.5. The number of rotatable bonds is 7. The van der Waals surface area contributed by atoms with Crippen LogP contribution in [-0.4, -0.2) is 15.9 Å². The van der Waals surface area contributed by atoms with Crippen LogP contribution in [0.3, 0.4) is 0 Å². The summed E-state index contributed by atoms with van der Waals surface area (Å²) in [5.74, 6) is -0.937.